The molecule has 1 atom stereocenters. The van der Waals surface area contributed by atoms with Gasteiger partial charge in [-0.1, -0.05) is 23.2 Å². The summed E-state index contributed by atoms with van der Waals surface area (Å²) in [6.07, 6.45) is 0.252. The van der Waals surface area contributed by atoms with Gasteiger partial charge in [-0.25, -0.2) is 4.79 Å². The maximum Gasteiger partial charge on any atom is 0.341 e. The molecule has 0 aliphatic rings. The molecule has 0 rings (SSSR count). The zero-order chi connectivity index (χ0) is 9.07. The van der Waals surface area contributed by atoms with Gasteiger partial charge in [0.05, 0.1) is 5.38 Å². The fraction of sp³-hybridized carbons (Fsp3) is 0.800. The van der Waals surface area contributed by atoms with E-state index in [1.54, 1.807) is 0 Å². The van der Waals surface area contributed by atoms with Gasteiger partial charge in [-0.2, -0.15) is 0 Å². The van der Waals surface area contributed by atoms with Crippen LogP contribution in [0.4, 0.5) is 0 Å². The molecule has 0 radical (unpaired) electrons. The van der Waals surface area contributed by atoms with E-state index in [2.05, 4.69) is 0 Å². The Balaban J connectivity index is 4.17. The Kier molecular flexibility index (Phi) is 4.87. The number of carbonyl (C=O) groups is 1. The first kappa shape index (κ1) is 11.6. The van der Waals surface area contributed by atoms with Crippen LogP contribution in [0, 0.1) is 0 Å². The highest BCUT2D eigenvalue weighted by Crippen LogP contribution is 2.31. The monoisotopic (exact) mass is 238 g/mol. The molecule has 0 aromatic carbocycles. The Hall–Kier alpha value is 0.630. The molecular formula is C5H6Cl4O2. The molecule has 66 valence electrons. The van der Waals surface area contributed by atoms with Crippen molar-refractivity contribution in [1.82, 2.24) is 0 Å². The molecule has 1 N–H and O–H groups in total. The van der Waals surface area contributed by atoms with E-state index >= 15 is 0 Å². The number of halogens is 4. The van der Waals surface area contributed by atoms with Crippen molar-refractivity contribution in [2.75, 3.05) is 5.88 Å². The van der Waals surface area contributed by atoms with Crippen molar-refractivity contribution in [1.29, 1.82) is 0 Å². The Bertz CT molecular complexity index is 147. The van der Waals surface area contributed by atoms with Crippen molar-refractivity contribution in [3.63, 3.8) is 0 Å². The highest BCUT2D eigenvalue weighted by atomic mass is 35.5. The summed E-state index contributed by atoms with van der Waals surface area (Å²) in [5.74, 6) is -1.13. The van der Waals surface area contributed by atoms with Crippen LogP contribution in [-0.2, 0) is 4.79 Å². The normalized spacial score (nSPS) is 14.5. The molecule has 0 aliphatic carbocycles. The van der Waals surface area contributed by atoms with Gasteiger partial charge in [0.15, 0.2) is 0 Å². The largest absolute Gasteiger partial charge is 0.479 e. The average molecular weight is 240 g/mol. The van der Waals surface area contributed by atoms with Crippen LogP contribution >= 0.6 is 46.4 Å². The van der Waals surface area contributed by atoms with Gasteiger partial charge < -0.3 is 5.11 Å². The predicted octanol–water partition coefficient (Wildman–Crippen LogP) is 2.48. The summed E-state index contributed by atoms with van der Waals surface area (Å²) in [6, 6.07) is 0. The van der Waals surface area contributed by atoms with E-state index in [0.29, 0.717) is 0 Å². The Morgan fingerprint density at radius 2 is 2.00 bits per heavy atom. The predicted molar refractivity (Wildman–Crippen MR) is 47.1 cm³/mol. The van der Waals surface area contributed by atoms with E-state index < -0.39 is 15.7 Å². The minimum atomic E-state index is -1.95. The first-order valence-corrected chi connectivity index (χ1v) is 4.46. The van der Waals surface area contributed by atoms with Crippen LogP contribution in [0.5, 0.6) is 0 Å². The molecule has 1 unspecified atom stereocenters. The topological polar surface area (TPSA) is 37.3 Å². The highest BCUT2D eigenvalue weighted by Gasteiger charge is 2.41. The molecule has 0 heterocycles. The summed E-state index contributed by atoms with van der Waals surface area (Å²) in [5, 5.41) is 7.57. The van der Waals surface area contributed by atoms with Crippen LogP contribution in [-0.4, -0.2) is 26.7 Å². The molecule has 0 aliphatic heterocycles. The molecule has 11 heavy (non-hydrogen) atoms. The van der Waals surface area contributed by atoms with Gasteiger partial charge in [0.2, 0.25) is 4.33 Å². The van der Waals surface area contributed by atoms with E-state index in [4.69, 9.17) is 51.5 Å². The summed E-state index contributed by atoms with van der Waals surface area (Å²) < 4.78 is -1.95. The Morgan fingerprint density at radius 3 is 2.27 bits per heavy atom. The molecule has 0 fully saturated rings. The van der Waals surface area contributed by atoms with Gasteiger partial charge in [0, 0.05) is 5.88 Å². The Morgan fingerprint density at radius 1 is 1.55 bits per heavy atom. The molecule has 0 aromatic rings. The maximum absolute atomic E-state index is 10.3. The molecule has 0 saturated heterocycles. The molecule has 2 nitrogen and oxygen atoms in total. The number of hydrogen-bond acceptors (Lipinski definition) is 1. The van der Waals surface area contributed by atoms with Crippen molar-refractivity contribution < 1.29 is 9.90 Å². The summed E-state index contributed by atoms with van der Waals surface area (Å²) in [5.41, 5.74) is 0. The van der Waals surface area contributed by atoms with E-state index in [0.717, 1.165) is 0 Å². The van der Waals surface area contributed by atoms with Crippen molar-refractivity contribution in [3.05, 3.63) is 0 Å². The molecule has 0 saturated carbocycles. The van der Waals surface area contributed by atoms with Crippen molar-refractivity contribution >= 4 is 52.4 Å². The van der Waals surface area contributed by atoms with Gasteiger partial charge in [-0.3, -0.25) is 0 Å². The number of rotatable bonds is 4. The second kappa shape index (κ2) is 4.61. The molecule has 6 heteroatoms. The second-order valence-corrected chi connectivity index (χ2v) is 4.16. The third-order valence-corrected chi connectivity index (χ3v) is 2.88. The third kappa shape index (κ3) is 3.24. The summed E-state index contributed by atoms with van der Waals surface area (Å²) in [7, 11) is 0. The van der Waals surface area contributed by atoms with Crippen molar-refractivity contribution in [2.45, 2.75) is 16.1 Å². The number of hydrogen-bond donors (Lipinski definition) is 1. The lowest BCUT2D eigenvalue weighted by molar-refractivity contribution is -0.137. The minimum absolute atomic E-state index is 0.225. The SMILES string of the molecule is O=C(O)C(Cl)(Cl)C(Cl)CCCl. The number of alkyl halides is 4. The van der Waals surface area contributed by atoms with Gasteiger partial charge in [0.25, 0.3) is 0 Å². The lowest BCUT2D eigenvalue weighted by Crippen LogP contribution is -2.35. The van der Waals surface area contributed by atoms with Crippen LogP contribution < -0.4 is 0 Å². The van der Waals surface area contributed by atoms with Crippen LogP contribution in [0.1, 0.15) is 6.42 Å². The summed E-state index contributed by atoms with van der Waals surface area (Å²) in [4.78, 5) is 10.3. The van der Waals surface area contributed by atoms with E-state index in [1.807, 2.05) is 0 Å². The van der Waals surface area contributed by atoms with Gasteiger partial charge in [-0.05, 0) is 6.42 Å². The molecule has 0 bridgehead atoms. The van der Waals surface area contributed by atoms with E-state index in [-0.39, 0.29) is 12.3 Å². The van der Waals surface area contributed by atoms with Crippen LogP contribution in [0.15, 0.2) is 0 Å². The quantitative estimate of drug-likeness (QED) is 0.766. The minimum Gasteiger partial charge on any atom is -0.479 e. The third-order valence-electron chi connectivity index (χ3n) is 1.04. The molecule has 0 amide bonds. The fourth-order valence-electron chi connectivity index (χ4n) is 0.411. The first-order valence-electron chi connectivity index (χ1n) is 2.74. The molecule has 0 spiro atoms. The van der Waals surface area contributed by atoms with Crippen molar-refractivity contribution in [2.24, 2.45) is 0 Å². The Labute approximate surface area is 84.4 Å². The fourth-order valence-corrected chi connectivity index (χ4v) is 1.16. The van der Waals surface area contributed by atoms with E-state index in [1.165, 1.54) is 0 Å². The van der Waals surface area contributed by atoms with Gasteiger partial charge >= 0.3 is 5.97 Å². The molecular weight excluding hydrogens is 234 g/mol. The van der Waals surface area contributed by atoms with Gasteiger partial charge in [0.1, 0.15) is 0 Å². The maximum atomic E-state index is 10.3. The lowest BCUT2D eigenvalue weighted by Gasteiger charge is -2.18. The second-order valence-electron chi connectivity index (χ2n) is 1.87. The smallest absolute Gasteiger partial charge is 0.341 e. The average Bonchev–Trinajstić information content (AvgIpc) is 1.88. The highest BCUT2D eigenvalue weighted by molar-refractivity contribution is 6.60. The summed E-state index contributed by atoms with van der Waals surface area (Å²) >= 11 is 21.6. The van der Waals surface area contributed by atoms with E-state index in [9.17, 15) is 4.79 Å². The first-order chi connectivity index (χ1) is 4.92. The van der Waals surface area contributed by atoms with Crippen molar-refractivity contribution in [3.8, 4) is 0 Å². The number of carboxylic acid groups (broad SMARTS) is 1. The standard InChI is InChI=1S/C5H6Cl4O2/c6-2-1-3(7)5(8,9)4(10)11/h3H,1-2H2,(H,10,11). The lowest BCUT2D eigenvalue weighted by atomic mass is 10.2. The number of aliphatic carboxylic acids is 1. The molecule has 0 aromatic heterocycles. The zero-order valence-corrected chi connectivity index (χ0v) is 8.38. The van der Waals surface area contributed by atoms with Crippen LogP contribution in [0.3, 0.4) is 0 Å². The zero-order valence-electron chi connectivity index (χ0n) is 5.36. The van der Waals surface area contributed by atoms with Gasteiger partial charge in [-0.15, -0.1) is 23.2 Å². The number of carboxylic acids is 1. The van der Waals surface area contributed by atoms with Crippen LogP contribution in [0.25, 0.3) is 0 Å². The summed E-state index contributed by atoms with van der Waals surface area (Å²) in [6.45, 7) is 0. The van der Waals surface area contributed by atoms with Crippen LogP contribution in [0.2, 0.25) is 0 Å².